The molecule has 7 nitrogen and oxygen atoms in total. The van der Waals surface area contributed by atoms with Crippen molar-refractivity contribution in [3.8, 4) is 5.75 Å². The third-order valence-electron chi connectivity index (χ3n) is 2.59. The quantitative estimate of drug-likeness (QED) is 0.632. The Morgan fingerprint density at radius 1 is 1.56 bits per heavy atom. The van der Waals surface area contributed by atoms with E-state index in [0.717, 1.165) is 0 Å². The van der Waals surface area contributed by atoms with E-state index in [4.69, 9.17) is 10.5 Å². The second-order valence-corrected chi connectivity index (χ2v) is 4.60. The standard InChI is InChI=1S/C11H14N4O3/c1-11(2,6-12)18-10-4-8-7(5-13-14-8)3-9(10)15(16)17/h3-5H,6,12H2,1-2H3,(H,13,14). The molecule has 0 spiro atoms. The van der Waals surface area contributed by atoms with Crippen LogP contribution in [0.2, 0.25) is 0 Å². The molecule has 1 aromatic carbocycles. The lowest BCUT2D eigenvalue weighted by molar-refractivity contribution is -0.386. The van der Waals surface area contributed by atoms with Gasteiger partial charge < -0.3 is 10.5 Å². The van der Waals surface area contributed by atoms with Crippen LogP contribution in [-0.2, 0) is 0 Å². The Morgan fingerprint density at radius 2 is 2.28 bits per heavy atom. The molecule has 18 heavy (non-hydrogen) atoms. The van der Waals surface area contributed by atoms with Gasteiger partial charge in [0.25, 0.3) is 0 Å². The van der Waals surface area contributed by atoms with E-state index in [-0.39, 0.29) is 18.0 Å². The predicted molar refractivity (Wildman–Crippen MR) is 66.5 cm³/mol. The molecule has 0 aliphatic carbocycles. The summed E-state index contributed by atoms with van der Waals surface area (Å²) in [4.78, 5) is 10.5. The maximum absolute atomic E-state index is 11.0. The number of nitrogens with zero attached hydrogens (tertiary/aromatic N) is 2. The van der Waals surface area contributed by atoms with Gasteiger partial charge in [0.05, 0.1) is 16.6 Å². The summed E-state index contributed by atoms with van der Waals surface area (Å²) in [5.41, 5.74) is 5.48. The minimum absolute atomic E-state index is 0.0922. The Balaban J connectivity index is 2.52. The van der Waals surface area contributed by atoms with Gasteiger partial charge in [0.2, 0.25) is 0 Å². The third-order valence-corrected chi connectivity index (χ3v) is 2.59. The molecule has 1 heterocycles. The molecule has 0 amide bonds. The average Bonchev–Trinajstić information content (AvgIpc) is 2.74. The van der Waals surface area contributed by atoms with Gasteiger partial charge in [0.1, 0.15) is 5.60 Å². The van der Waals surface area contributed by atoms with Crippen LogP contribution in [0.1, 0.15) is 13.8 Å². The molecule has 1 aromatic heterocycles. The Bertz CT molecular complexity index is 591. The Morgan fingerprint density at radius 3 is 2.89 bits per heavy atom. The van der Waals surface area contributed by atoms with Crippen LogP contribution in [0.4, 0.5) is 5.69 Å². The minimum Gasteiger partial charge on any atom is -0.479 e. The first-order chi connectivity index (χ1) is 8.43. The van der Waals surface area contributed by atoms with Crippen molar-refractivity contribution in [2.24, 2.45) is 5.73 Å². The van der Waals surface area contributed by atoms with Gasteiger partial charge in [-0.25, -0.2) is 0 Å². The van der Waals surface area contributed by atoms with Gasteiger partial charge in [-0.1, -0.05) is 0 Å². The molecule has 0 radical (unpaired) electrons. The fraction of sp³-hybridized carbons (Fsp3) is 0.364. The van der Waals surface area contributed by atoms with E-state index in [9.17, 15) is 10.1 Å². The fourth-order valence-electron chi connectivity index (χ4n) is 1.52. The molecule has 0 atom stereocenters. The molecule has 0 aliphatic heterocycles. The molecule has 0 bridgehead atoms. The van der Waals surface area contributed by atoms with E-state index in [2.05, 4.69) is 10.2 Å². The van der Waals surface area contributed by atoms with E-state index < -0.39 is 10.5 Å². The maximum atomic E-state index is 11.0. The number of hydrogen-bond acceptors (Lipinski definition) is 5. The summed E-state index contributed by atoms with van der Waals surface area (Å²) in [7, 11) is 0. The lowest BCUT2D eigenvalue weighted by atomic mass is 10.1. The lowest BCUT2D eigenvalue weighted by Gasteiger charge is -2.24. The Kier molecular flexibility index (Phi) is 2.92. The molecule has 0 fully saturated rings. The van der Waals surface area contributed by atoms with Crippen LogP contribution in [0.15, 0.2) is 18.3 Å². The van der Waals surface area contributed by atoms with Crippen LogP contribution in [0.5, 0.6) is 5.75 Å². The monoisotopic (exact) mass is 250 g/mol. The molecule has 0 unspecified atom stereocenters. The van der Waals surface area contributed by atoms with Gasteiger partial charge >= 0.3 is 5.69 Å². The summed E-state index contributed by atoms with van der Waals surface area (Å²) in [5.74, 6) is 0.187. The van der Waals surface area contributed by atoms with Crippen LogP contribution in [0.3, 0.4) is 0 Å². The predicted octanol–water partition coefficient (Wildman–Crippen LogP) is 1.59. The third kappa shape index (κ3) is 2.25. The first-order valence-electron chi connectivity index (χ1n) is 5.43. The number of nitrogens with two attached hydrogens (primary N) is 1. The summed E-state index contributed by atoms with van der Waals surface area (Å²) in [6.07, 6.45) is 1.53. The first-order valence-corrected chi connectivity index (χ1v) is 5.43. The number of nitro benzene ring substituents is 1. The summed E-state index contributed by atoms with van der Waals surface area (Å²) in [6, 6.07) is 3.00. The number of hydrogen-bond donors (Lipinski definition) is 2. The van der Waals surface area contributed by atoms with Crippen molar-refractivity contribution >= 4 is 16.6 Å². The van der Waals surface area contributed by atoms with Crippen LogP contribution in [-0.4, -0.2) is 27.3 Å². The van der Waals surface area contributed by atoms with E-state index in [1.54, 1.807) is 19.9 Å². The average molecular weight is 250 g/mol. The molecule has 2 aromatic rings. The van der Waals surface area contributed by atoms with Crippen molar-refractivity contribution in [2.75, 3.05) is 6.54 Å². The Hall–Kier alpha value is -2.15. The highest BCUT2D eigenvalue weighted by Crippen LogP contribution is 2.33. The molecule has 0 aliphatic rings. The number of benzene rings is 1. The van der Waals surface area contributed by atoms with Gasteiger partial charge in [-0.15, -0.1) is 0 Å². The van der Waals surface area contributed by atoms with Gasteiger partial charge in [-0.2, -0.15) is 5.10 Å². The van der Waals surface area contributed by atoms with Gasteiger partial charge in [-0.05, 0) is 13.8 Å². The number of nitro groups is 1. The van der Waals surface area contributed by atoms with Crippen molar-refractivity contribution < 1.29 is 9.66 Å². The molecule has 96 valence electrons. The molecular formula is C11H14N4O3. The zero-order valence-corrected chi connectivity index (χ0v) is 10.1. The number of nitrogens with one attached hydrogen (secondary N) is 1. The van der Waals surface area contributed by atoms with Gasteiger partial charge in [0, 0.05) is 24.1 Å². The fourth-order valence-corrected chi connectivity index (χ4v) is 1.52. The number of aromatic amines is 1. The Labute approximate surface area is 103 Å². The second kappa shape index (κ2) is 4.26. The molecule has 0 saturated carbocycles. The van der Waals surface area contributed by atoms with Gasteiger partial charge in [-0.3, -0.25) is 15.2 Å². The largest absolute Gasteiger partial charge is 0.479 e. The van der Waals surface area contributed by atoms with Gasteiger partial charge in [0.15, 0.2) is 5.75 Å². The van der Waals surface area contributed by atoms with Crippen molar-refractivity contribution in [3.05, 3.63) is 28.4 Å². The summed E-state index contributed by atoms with van der Waals surface area (Å²) in [6.45, 7) is 3.80. The van der Waals surface area contributed by atoms with Crippen LogP contribution >= 0.6 is 0 Å². The number of fused-ring (bicyclic) bond motifs is 1. The molecular weight excluding hydrogens is 236 g/mol. The van der Waals surface area contributed by atoms with E-state index >= 15 is 0 Å². The maximum Gasteiger partial charge on any atom is 0.311 e. The van der Waals surface area contributed by atoms with Crippen molar-refractivity contribution in [3.63, 3.8) is 0 Å². The molecule has 7 heteroatoms. The minimum atomic E-state index is -0.668. The molecule has 0 saturated heterocycles. The van der Waals surface area contributed by atoms with Crippen LogP contribution in [0.25, 0.3) is 10.9 Å². The topological polar surface area (TPSA) is 107 Å². The highest BCUT2D eigenvalue weighted by Gasteiger charge is 2.24. The normalized spacial score (nSPS) is 11.7. The smallest absolute Gasteiger partial charge is 0.311 e. The van der Waals surface area contributed by atoms with Crippen molar-refractivity contribution in [1.29, 1.82) is 0 Å². The zero-order valence-electron chi connectivity index (χ0n) is 10.1. The molecule has 3 N–H and O–H groups in total. The van der Waals surface area contributed by atoms with Crippen molar-refractivity contribution in [1.82, 2.24) is 10.2 Å². The highest BCUT2D eigenvalue weighted by molar-refractivity contribution is 5.83. The summed E-state index contributed by atoms with van der Waals surface area (Å²) >= 11 is 0. The number of aromatic nitrogens is 2. The highest BCUT2D eigenvalue weighted by atomic mass is 16.6. The molecule has 2 rings (SSSR count). The van der Waals surface area contributed by atoms with Crippen molar-refractivity contribution in [2.45, 2.75) is 19.4 Å². The van der Waals surface area contributed by atoms with E-state index in [1.165, 1.54) is 12.3 Å². The summed E-state index contributed by atoms with van der Waals surface area (Å²) < 4.78 is 5.61. The zero-order chi connectivity index (χ0) is 13.3. The lowest BCUT2D eigenvalue weighted by Crippen LogP contribution is -2.37. The SMILES string of the molecule is CC(C)(CN)Oc1cc2[nH]ncc2cc1[N+](=O)[O-]. The van der Waals surface area contributed by atoms with Crippen LogP contribution in [0, 0.1) is 10.1 Å². The van der Waals surface area contributed by atoms with Crippen LogP contribution < -0.4 is 10.5 Å². The first kappa shape index (κ1) is 12.3. The van der Waals surface area contributed by atoms with E-state index in [1.807, 2.05) is 0 Å². The summed E-state index contributed by atoms with van der Waals surface area (Å²) in [5, 5.41) is 18.3. The number of H-pyrrole nitrogens is 1. The van der Waals surface area contributed by atoms with E-state index in [0.29, 0.717) is 10.9 Å². The number of rotatable bonds is 4. The second-order valence-electron chi connectivity index (χ2n) is 4.60. The number of ether oxygens (including phenoxy) is 1.